The molecule has 2 saturated heterocycles. The first kappa shape index (κ1) is 21.1. The van der Waals surface area contributed by atoms with Crippen molar-refractivity contribution in [2.24, 2.45) is 0 Å². The number of urea groups is 1. The Balaban J connectivity index is 1.37. The third kappa shape index (κ3) is 4.46. The minimum Gasteiger partial charge on any atom is -0.339 e. The number of nitrogens with zero attached hydrogens (tertiary/aromatic N) is 2. The van der Waals surface area contributed by atoms with Crippen molar-refractivity contribution in [3.05, 3.63) is 76.6 Å². The number of likely N-dealkylation sites (tertiary alicyclic amines) is 1. The quantitative estimate of drug-likeness (QED) is 0.582. The van der Waals surface area contributed by atoms with E-state index >= 15 is 0 Å². The number of imide groups is 1. The zero-order valence-electron chi connectivity index (χ0n) is 16.7. The van der Waals surface area contributed by atoms with E-state index in [2.05, 4.69) is 5.32 Å². The smallest absolute Gasteiger partial charge is 0.325 e. The first-order valence-corrected chi connectivity index (χ1v) is 10.4. The van der Waals surface area contributed by atoms with Crippen molar-refractivity contribution in [1.29, 1.82) is 0 Å². The summed E-state index contributed by atoms with van der Waals surface area (Å²) in [4.78, 5) is 40.8. The number of benzene rings is 2. The number of carbonyl (C=O) groups excluding carboxylic acids is 3. The number of rotatable bonds is 4. The first-order valence-electron chi connectivity index (χ1n) is 9.97. The van der Waals surface area contributed by atoms with Crippen LogP contribution in [0.15, 0.2) is 54.6 Å². The highest BCUT2D eigenvalue weighted by molar-refractivity contribution is 6.30. The van der Waals surface area contributed by atoms with Crippen molar-refractivity contribution in [2.45, 2.75) is 24.9 Å². The normalized spacial score (nSPS) is 18.1. The molecule has 4 amide bonds. The summed E-state index contributed by atoms with van der Waals surface area (Å²) in [6.45, 7) is 0.805. The lowest BCUT2D eigenvalue weighted by Crippen LogP contribution is -2.55. The van der Waals surface area contributed by atoms with Gasteiger partial charge < -0.3 is 10.2 Å². The van der Waals surface area contributed by atoms with Crippen LogP contribution >= 0.6 is 11.6 Å². The number of halogens is 2. The maximum atomic E-state index is 13.1. The Morgan fingerprint density at radius 3 is 2.35 bits per heavy atom. The Bertz CT molecular complexity index is 1030. The molecule has 160 valence electrons. The standard InChI is InChI=1S/C23H21ClFN3O3/c24-18-6-1-16(2-7-18)5-10-20(29)27-13-11-23(12-14-27)21(30)28(22(31)26-23)15-17-3-8-19(25)9-4-17/h1-10H,11-15H2,(H,26,31). The van der Waals surface area contributed by atoms with E-state index in [1.807, 2.05) is 12.1 Å². The summed E-state index contributed by atoms with van der Waals surface area (Å²) in [5.41, 5.74) is 0.538. The molecule has 6 nitrogen and oxygen atoms in total. The summed E-state index contributed by atoms with van der Waals surface area (Å²) < 4.78 is 13.1. The molecule has 2 heterocycles. The van der Waals surface area contributed by atoms with Crippen molar-refractivity contribution in [3.63, 3.8) is 0 Å². The molecule has 0 atom stereocenters. The van der Waals surface area contributed by atoms with Crippen LogP contribution in [0.2, 0.25) is 5.02 Å². The lowest BCUT2D eigenvalue weighted by atomic mass is 9.87. The van der Waals surface area contributed by atoms with Crippen molar-refractivity contribution in [2.75, 3.05) is 13.1 Å². The fraction of sp³-hybridized carbons (Fsp3) is 0.261. The van der Waals surface area contributed by atoms with Crippen molar-refractivity contribution in [1.82, 2.24) is 15.1 Å². The number of hydrogen-bond acceptors (Lipinski definition) is 3. The van der Waals surface area contributed by atoms with Gasteiger partial charge in [0, 0.05) is 24.2 Å². The van der Waals surface area contributed by atoms with Gasteiger partial charge in [-0.15, -0.1) is 0 Å². The number of carbonyl (C=O) groups is 3. The largest absolute Gasteiger partial charge is 0.339 e. The summed E-state index contributed by atoms with van der Waals surface area (Å²) >= 11 is 5.86. The van der Waals surface area contributed by atoms with Gasteiger partial charge in [-0.2, -0.15) is 0 Å². The molecule has 2 aromatic rings. The molecule has 1 N–H and O–H groups in total. The lowest BCUT2D eigenvalue weighted by molar-refractivity contribution is -0.136. The fourth-order valence-electron chi connectivity index (χ4n) is 3.89. The van der Waals surface area contributed by atoms with E-state index < -0.39 is 11.6 Å². The molecular weight excluding hydrogens is 421 g/mol. The zero-order chi connectivity index (χ0) is 22.0. The van der Waals surface area contributed by atoms with Gasteiger partial charge in [0.1, 0.15) is 11.4 Å². The summed E-state index contributed by atoms with van der Waals surface area (Å²) in [5, 5.41) is 3.44. The van der Waals surface area contributed by atoms with Crippen molar-refractivity contribution < 1.29 is 18.8 Å². The molecule has 0 aliphatic carbocycles. The van der Waals surface area contributed by atoms with Crippen LogP contribution < -0.4 is 5.32 Å². The average molecular weight is 442 g/mol. The Hall–Kier alpha value is -3.19. The second kappa shape index (κ2) is 8.51. The van der Waals surface area contributed by atoms with Crippen LogP contribution in [0.4, 0.5) is 9.18 Å². The monoisotopic (exact) mass is 441 g/mol. The molecular formula is C23H21ClFN3O3. The summed E-state index contributed by atoms with van der Waals surface area (Å²) in [5.74, 6) is -0.824. The van der Waals surface area contributed by atoms with Crippen LogP contribution in [-0.2, 0) is 16.1 Å². The molecule has 1 spiro atoms. The van der Waals surface area contributed by atoms with Gasteiger partial charge in [0.15, 0.2) is 0 Å². The highest BCUT2D eigenvalue weighted by atomic mass is 35.5. The Morgan fingerprint density at radius 2 is 1.71 bits per heavy atom. The Kier molecular flexibility index (Phi) is 5.78. The predicted molar refractivity (Wildman–Crippen MR) is 115 cm³/mol. The van der Waals surface area contributed by atoms with Gasteiger partial charge in [-0.3, -0.25) is 14.5 Å². The van der Waals surface area contributed by atoms with Crippen LogP contribution in [-0.4, -0.2) is 46.3 Å². The molecule has 8 heteroatoms. The van der Waals surface area contributed by atoms with Gasteiger partial charge >= 0.3 is 6.03 Å². The Labute approximate surface area is 184 Å². The number of hydrogen-bond donors (Lipinski definition) is 1. The Morgan fingerprint density at radius 1 is 1.06 bits per heavy atom. The van der Waals surface area contributed by atoms with Gasteiger partial charge in [-0.1, -0.05) is 35.9 Å². The molecule has 0 unspecified atom stereocenters. The summed E-state index contributed by atoms with van der Waals surface area (Å²) in [6.07, 6.45) is 3.91. The van der Waals surface area contributed by atoms with E-state index in [4.69, 9.17) is 11.6 Å². The zero-order valence-corrected chi connectivity index (χ0v) is 17.4. The van der Waals surface area contributed by atoms with Gasteiger partial charge in [0.05, 0.1) is 6.54 Å². The van der Waals surface area contributed by atoms with Crippen molar-refractivity contribution in [3.8, 4) is 0 Å². The van der Waals surface area contributed by atoms with Gasteiger partial charge in [-0.25, -0.2) is 9.18 Å². The second-order valence-electron chi connectivity index (χ2n) is 7.74. The molecule has 2 aromatic carbocycles. The third-order valence-electron chi connectivity index (χ3n) is 5.72. The number of nitrogens with one attached hydrogen (secondary N) is 1. The van der Waals surface area contributed by atoms with Crippen LogP contribution in [0, 0.1) is 5.82 Å². The molecule has 2 aliphatic rings. The summed E-state index contributed by atoms with van der Waals surface area (Å²) in [6, 6.07) is 12.4. The molecule has 0 bridgehead atoms. The maximum absolute atomic E-state index is 13.1. The molecule has 4 rings (SSSR count). The topological polar surface area (TPSA) is 69.7 Å². The van der Waals surface area contributed by atoms with Gasteiger partial charge in [-0.05, 0) is 54.3 Å². The molecule has 0 saturated carbocycles. The molecule has 0 aromatic heterocycles. The average Bonchev–Trinajstić information content (AvgIpc) is 2.99. The van der Waals surface area contributed by atoms with E-state index in [1.165, 1.54) is 18.2 Å². The van der Waals surface area contributed by atoms with E-state index in [0.29, 0.717) is 36.5 Å². The molecule has 2 aliphatic heterocycles. The first-order chi connectivity index (χ1) is 14.9. The van der Waals surface area contributed by atoms with Crippen LogP contribution in [0.1, 0.15) is 24.0 Å². The van der Waals surface area contributed by atoms with Crippen molar-refractivity contribution >= 4 is 35.5 Å². The second-order valence-corrected chi connectivity index (χ2v) is 8.18. The van der Waals surface area contributed by atoms with E-state index in [0.717, 1.165) is 10.5 Å². The van der Waals surface area contributed by atoms with E-state index in [1.54, 1.807) is 35.2 Å². The highest BCUT2D eigenvalue weighted by Crippen LogP contribution is 2.30. The lowest BCUT2D eigenvalue weighted by Gasteiger charge is -2.36. The maximum Gasteiger partial charge on any atom is 0.325 e. The highest BCUT2D eigenvalue weighted by Gasteiger charge is 2.52. The van der Waals surface area contributed by atoms with E-state index in [9.17, 15) is 18.8 Å². The van der Waals surface area contributed by atoms with Gasteiger partial charge in [0.25, 0.3) is 5.91 Å². The molecule has 2 fully saturated rings. The minimum absolute atomic E-state index is 0.0825. The van der Waals surface area contributed by atoms with Crippen LogP contribution in [0.3, 0.4) is 0 Å². The minimum atomic E-state index is -0.992. The molecule has 0 radical (unpaired) electrons. The van der Waals surface area contributed by atoms with Crippen LogP contribution in [0.5, 0.6) is 0 Å². The molecule has 31 heavy (non-hydrogen) atoms. The SMILES string of the molecule is O=C(C=Cc1ccc(Cl)cc1)N1CCC2(CC1)NC(=O)N(Cc1ccc(F)cc1)C2=O. The number of piperidine rings is 1. The van der Waals surface area contributed by atoms with E-state index in [-0.39, 0.29) is 24.2 Å². The third-order valence-corrected chi connectivity index (χ3v) is 5.97. The predicted octanol–water partition coefficient (Wildman–Crippen LogP) is 3.61. The number of amides is 4. The van der Waals surface area contributed by atoms with Crippen LogP contribution in [0.25, 0.3) is 6.08 Å². The fourth-order valence-corrected chi connectivity index (χ4v) is 4.01. The van der Waals surface area contributed by atoms with Gasteiger partial charge in [0.2, 0.25) is 5.91 Å². The summed E-state index contributed by atoms with van der Waals surface area (Å²) in [7, 11) is 0.